The molecule has 23 heavy (non-hydrogen) atoms. The van der Waals surface area contributed by atoms with Crippen molar-refractivity contribution >= 4 is 17.5 Å². The molecule has 0 fully saturated rings. The highest BCUT2D eigenvalue weighted by Gasteiger charge is 2.41. The average Bonchev–Trinajstić information content (AvgIpc) is 2.88. The van der Waals surface area contributed by atoms with Crippen molar-refractivity contribution < 1.29 is 27.5 Å². The lowest BCUT2D eigenvalue weighted by atomic mass is 10.1. The number of nitrogens with one attached hydrogen (secondary N) is 1. The van der Waals surface area contributed by atoms with Crippen molar-refractivity contribution in [3.05, 3.63) is 35.8 Å². The summed E-state index contributed by atoms with van der Waals surface area (Å²) in [7, 11) is 1.03. The van der Waals surface area contributed by atoms with Crippen LogP contribution < -0.4 is 5.32 Å². The van der Waals surface area contributed by atoms with Gasteiger partial charge in [-0.15, -0.1) is 0 Å². The standard InChI is InChI=1S/C14H14F3N3O3/c1-8-4-3-5-20-7-9(18-11(8)20)6-10(12(21)23-2)19-13(22)14(15,16)17/h3-5,7,10H,6H2,1-2H3,(H,19,22)/t10-/m1/s1. The summed E-state index contributed by atoms with van der Waals surface area (Å²) < 4.78 is 43.2. The highest BCUT2D eigenvalue weighted by molar-refractivity contribution is 5.87. The number of imidazole rings is 1. The minimum atomic E-state index is -5.08. The monoisotopic (exact) mass is 329 g/mol. The smallest absolute Gasteiger partial charge is 0.467 e. The Morgan fingerprint density at radius 3 is 2.70 bits per heavy atom. The van der Waals surface area contributed by atoms with Gasteiger partial charge in [0.05, 0.1) is 12.8 Å². The number of ether oxygens (including phenoxy) is 1. The molecule has 0 unspecified atom stereocenters. The Kier molecular flexibility index (Phi) is 4.57. The van der Waals surface area contributed by atoms with Crippen LogP contribution in [0.3, 0.4) is 0 Å². The van der Waals surface area contributed by atoms with Crippen LogP contribution in [0.2, 0.25) is 0 Å². The van der Waals surface area contributed by atoms with Gasteiger partial charge in [0.2, 0.25) is 0 Å². The fourth-order valence-corrected chi connectivity index (χ4v) is 2.09. The summed E-state index contributed by atoms with van der Waals surface area (Å²) in [5.41, 5.74) is 1.85. The normalized spacial score (nSPS) is 12.9. The molecule has 0 aromatic carbocycles. The van der Waals surface area contributed by atoms with Crippen molar-refractivity contribution in [2.45, 2.75) is 25.6 Å². The van der Waals surface area contributed by atoms with Crippen LogP contribution in [0, 0.1) is 6.92 Å². The minimum Gasteiger partial charge on any atom is -0.467 e. The van der Waals surface area contributed by atoms with E-state index in [-0.39, 0.29) is 6.42 Å². The molecule has 6 nitrogen and oxygen atoms in total. The van der Waals surface area contributed by atoms with Crippen LogP contribution in [0.1, 0.15) is 11.3 Å². The maximum Gasteiger partial charge on any atom is 0.471 e. The van der Waals surface area contributed by atoms with E-state index >= 15 is 0 Å². The van der Waals surface area contributed by atoms with Gasteiger partial charge in [-0.3, -0.25) is 4.79 Å². The Morgan fingerprint density at radius 1 is 1.43 bits per heavy atom. The maximum atomic E-state index is 12.4. The molecule has 2 aromatic rings. The number of pyridine rings is 1. The molecule has 1 amide bonds. The van der Waals surface area contributed by atoms with E-state index in [1.165, 1.54) is 0 Å². The van der Waals surface area contributed by atoms with E-state index in [2.05, 4.69) is 9.72 Å². The Bertz CT molecular complexity index is 740. The van der Waals surface area contributed by atoms with Crippen LogP contribution in [-0.2, 0) is 20.7 Å². The number of aryl methyl sites for hydroxylation is 1. The van der Waals surface area contributed by atoms with Crippen molar-refractivity contribution in [2.24, 2.45) is 0 Å². The number of aromatic nitrogens is 2. The van der Waals surface area contributed by atoms with E-state index in [9.17, 15) is 22.8 Å². The Morgan fingerprint density at radius 2 is 2.13 bits per heavy atom. The van der Waals surface area contributed by atoms with Gasteiger partial charge in [0, 0.05) is 18.8 Å². The molecule has 0 aliphatic carbocycles. The number of fused-ring (bicyclic) bond motifs is 1. The van der Waals surface area contributed by atoms with Crippen LogP contribution in [0.4, 0.5) is 13.2 Å². The van der Waals surface area contributed by atoms with Crippen LogP contribution >= 0.6 is 0 Å². The van der Waals surface area contributed by atoms with Gasteiger partial charge in [-0.1, -0.05) is 6.07 Å². The predicted molar refractivity (Wildman–Crippen MR) is 73.6 cm³/mol. The third-order valence-corrected chi connectivity index (χ3v) is 3.19. The second-order valence-corrected chi connectivity index (χ2v) is 4.91. The SMILES string of the molecule is COC(=O)[C@@H](Cc1cn2cccc(C)c2n1)NC(=O)C(F)(F)F. The van der Waals surface area contributed by atoms with E-state index in [1.54, 1.807) is 28.2 Å². The van der Waals surface area contributed by atoms with Crippen molar-refractivity contribution in [3.63, 3.8) is 0 Å². The molecule has 9 heteroatoms. The molecule has 0 bridgehead atoms. The first kappa shape index (κ1) is 16.8. The van der Waals surface area contributed by atoms with Gasteiger partial charge >= 0.3 is 18.1 Å². The topological polar surface area (TPSA) is 72.7 Å². The number of rotatable bonds is 4. The highest BCUT2D eigenvalue weighted by Crippen LogP contribution is 2.16. The van der Waals surface area contributed by atoms with E-state index in [0.29, 0.717) is 11.3 Å². The second-order valence-electron chi connectivity index (χ2n) is 4.91. The van der Waals surface area contributed by atoms with E-state index in [4.69, 9.17) is 0 Å². The third-order valence-electron chi connectivity index (χ3n) is 3.19. The number of methoxy groups -OCH3 is 1. The zero-order chi connectivity index (χ0) is 17.2. The summed E-state index contributed by atoms with van der Waals surface area (Å²) in [5.74, 6) is -3.18. The lowest BCUT2D eigenvalue weighted by Crippen LogP contribution is -2.48. The number of carbonyl (C=O) groups excluding carboxylic acids is 2. The second kappa shape index (κ2) is 6.27. The number of esters is 1. The molecule has 0 aliphatic rings. The average molecular weight is 329 g/mol. The molecule has 2 aromatic heterocycles. The molecule has 1 N–H and O–H groups in total. The number of hydrogen-bond acceptors (Lipinski definition) is 4. The highest BCUT2D eigenvalue weighted by atomic mass is 19.4. The van der Waals surface area contributed by atoms with Crippen LogP contribution in [0.25, 0.3) is 5.65 Å². The first-order valence-electron chi connectivity index (χ1n) is 6.61. The van der Waals surface area contributed by atoms with Crippen molar-refractivity contribution in [2.75, 3.05) is 7.11 Å². The summed E-state index contributed by atoms with van der Waals surface area (Å²) in [6.07, 6.45) is -1.99. The Labute approximate surface area is 129 Å². The summed E-state index contributed by atoms with van der Waals surface area (Å²) in [6.45, 7) is 1.83. The Hall–Kier alpha value is -2.58. The maximum absolute atomic E-state index is 12.4. The zero-order valence-electron chi connectivity index (χ0n) is 12.3. The van der Waals surface area contributed by atoms with E-state index in [0.717, 1.165) is 12.7 Å². The van der Waals surface area contributed by atoms with E-state index < -0.39 is 24.1 Å². The minimum absolute atomic E-state index is 0.213. The third kappa shape index (κ3) is 3.79. The molecule has 0 spiro atoms. The van der Waals surface area contributed by atoms with Gasteiger partial charge in [0.1, 0.15) is 11.7 Å². The first-order chi connectivity index (χ1) is 10.7. The van der Waals surface area contributed by atoms with Crippen LogP contribution in [0.5, 0.6) is 0 Å². The van der Waals surface area contributed by atoms with Gasteiger partial charge in [0.25, 0.3) is 0 Å². The molecular weight excluding hydrogens is 315 g/mol. The molecule has 2 rings (SSSR count). The summed E-state index contributed by atoms with van der Waals surface area (Å²) in [5, 5.41) is 1.63. The van der Waals surface area contributed by atoms with Crippen molar-refractivity contribution in [1.29, 1.82) is 0 Å². The lowest BCUT2D eigenvalue weighted by Gasteiger charge is -2.16. The van der Waals surface area contributed by atoms with Gasteiger partial charge in [-0.05, 0) is 18.6 Å². The van der Waals surface area contributed by atoms with Gasteiger partial charge in [0.15, 0.2) is 0 Å². The molecule has 2 heterocycles. The van der Waals surface area contributed by atoms with Crippen LogP contribution in [0.15, 0.2) is 24.5 Å². The first-order valence-corrected chi connectivity index (χ1v) is 6.61. The zero-order valence-corrected chi connectivity index (χ0v) is 12.3. The molecular formula is C14H14F3N3O3. The fourth-order valence-electron chi connectivity index (χ4n) is 2.09. The van der Waals surface area contributed by atoms with Gasteiger partial charge in [-0.25, -0.2) is 9.78 Å². The number of hydrogen-bond donors (Lipinski definition) is 1. The van der Waals surface area contributed by atoms with Crippen molar-refractivity contribution in [1.82, 2.24) is 14.7 Å². The molecule has 0 aliphatic heterocycles. The fraction of sp³-hybridized carbons (Fsp3) is 0.357. The molecule has 1 atom stereocenters. The van der Waals surface area contributed by atoms with Crippen LogP contribution in [-0.4, -0.2) is 40.6 Å². The predicted octanol–water partition coefficient (Wildman–Crippen LogP) is 1.41. The van der Waals surface area contributed by atoms with Gasteiger partial charge < -0.3 is 14.5 Å². The summed E-state index contributed by atoms with van der Waals surface area (Å²) in [4.78, 5) is 26.9. The van der Waals surface area contributed by atoms with Gasteiger partial charge in [-0.2, -0.15) is 13.2 Å². The Balaban J connectivity index is 2.24. The molecule has 0 saturated heterocycles. The number of alkyl halides is 3. The lowest BCUT2D eigenvalue weighted by molar-refractivity contribution is -0.175. The van der Waals surface area contributed by atoms with E-state index in [1.807, 2.05) is 13.0 Å². The quantitative estimate of drug-likeness (QED) is 0.861. The number of halogens is 3. The van der Waals surface area contributed by atoms with Crippen molar-refractivity contribution in [3.8, 4) is 0 Å². The number of carbonyl (C=O) groups is 2. The molecule has 0 saturated carbocycles. The number of nitrogens with zero attached hydrogens (tertiary/aromatic N) is 2. The number of amides is 1. The molecule has 0 radical (unpaired) electrons. The summed E-state index contributed by atoms with van der Waals surface area (Å²) >= 11 is 0. The largest absolute Gasteiger partial charge is 0.471 e. The molecule has 124 valence electrons. The summed E-state index contributed by atoms with van der Waals surface area (Å²) in [6, 6.07) is 2.14.